The highest BCUT2D eigenvalue weighted by Crippen LogP contribution is 2.32. The lowest BCUT2D eigenvalue weighted by atomic mass is 9.92. The minimum Gasteiger partial charge on any atom is -0.391 e. The lowest BCUT2D eigenvalue weighted by Gasteiger charge is -2.28. The van der Waals surface area contributed by atoms with Crippen molar-refractivity contribution < 1.29 is 14.3 Å². The second-order valence-electron chi connectivity index (χ2n) is 6.87. The maximum Gasteiger partial charge on any atom is 0.225 e. The molecule has 7 nitrogen and oxygen atoms in total. The molecule has 27 heavy (non-hydrogen) atoms. The van der Waals surface area contributed by atoms with E-state index in [1.54, 1.807) is 28.9 Å². The molecule has 1 fully saturated rings. The van der Waals surface area contributed by atoms with Crippen molar-refractivity contribution in [2.45, 2.75) is 44.2 Å². The van der Waals surface area contributed by atoms with Crippen LogP contribution in [0.5, 0.6) is 0 Å². The number of hydrogen-bond acceptors (Lipinski definition) is 5. The van der Waals surface area contributed by atoms with Gasteiger partial charge in [0.2, 0.25) is 5.91 Å². The van der Waals surface area contributed by atoms with Gasteiger partial charge in [0, 0.05) is 5.39 Å². The van der Waals surface area contributed by atoms with E-state index in [0.29, 0.717) is 23.3 Å². The average molecular weight is 369 g/mol. The predicted octanol–water partition coefficient (Wildman–Crippen LogP) is 2.14. The largest absolute Gasteiger partial charge is 0.391 e. The number of pyridine rings is 1. The first kappa shape index (κ1) is 17.5. The lowest BCUT2D eigenvalue weighted by molar-refractivity contribution is -0.117. The molecule has 2 aromatic heterocycles. The Kier molecular flexibility index (Phi) is 4.57. The molecule has 1 aliphatic rings. The van der Waals surface area contributed by atoms with Gasteiger partial charge in [-0.3, -0.25) is 4.79 Å². The zero-order valence-corrected chi connectivity index (χ0v) is 14.7. The monoisotopic (exact) mass is 369 g/mol. The highest BCUT2D eigenvalue weighted by molar-refractivity contribution is 5.81. The summed E-state index contributed by atoms with van der Waals surface area (Å²) in [6, 6.07) is 8.01. The van der Waals surface area contributed by atoms with E-state index in [9.17, 15) is 14.3 Å². The molecule has 0 bridgehead atoms. The molecule has 4 rings (SSSR count). The average Bonchev–Trinajstić information content (AvgIpc) is 3.05. The highest BCUT2D eigenvalue weighted by atomic mass is 19.1. The highest BCUT2D eigenvalue weighted by Gasteiger charge is 2.29. The number of amides is 1. The van der Waals surface area contributed by atoms with Crippen LogP contribution in [0.15, 0.2) is 30.3 Å². The number of nitrogens with two attached hydrogens (primary N) is 1. The molecule has 2 heterocycles. The van der Waals surface area contributed by atoms with Crippen LogP contribution in [0.3, 0.4) is 0 Å². The molecule has 0 saturated heterocycles. The number of primary amides is 1. The Bertz CT molecular complexity index is 1000. The summed E-state index contributed by atoms with van der Waals surface area (Å²) >= 11 is 0. The van der Waals surface area contributed by atoms with Gasteiger partial charge in [0.05, 0.1) is 18.6 Å². The van der Waals surface area contributed by atoms with Crippen LogP contribution in [-0.2, 0) is 11.2 Å². The molecule has 3 aromatic rings. The van der Waals surface area contributed by atoms with Crippen molar-refractivity contribution in [3.8, 4) is 11.5 Å². The number of rotatable bonds is 4. The number of aromatic nitrogens is 4. The van der Waals surface area contributed by atoms with Crippen LogP contribution < -0.4 is 5.73 Å². The topological polar surface area (TPSA) is 107 Å². The zero-order chi connectivity index (χ0) is 19.0. The second kappa shape index (κ2) is 7.03. The van der Waals surface area contributed by atoms with E-state index in [-0.39, 0.29) is 23.8 Å². The standard InChI is InChI=1S/C19H20FN5O2/c20-12-5-3-4-11-8-9-13(22-18(11)12)19-23-17(10-16(21)27)24-25(19)14-6-1-2-7-15(14)26/h3-5,8-9,14-15,26H,1-2,6-7,10H2,(H2,21,27)/t14-,15-/m1/s1. The maximum atomic E-state index is 14.2. The summed E-state index contributed by atoms with van der Waals surface area (Å²) in [5.41, 5.74) is 5.96. The molecular weight excluding hydrogens is 349 g/mol. The molecular formula is C19H20FN5O2. The molecule has 3 N–H and O–H groups in total. The number of fused-ring (bicyclic) bond motifs is 1. The van der Waals surface area contributed by atoms with Gasteiger partial charge in [-0.05, 0) is 25.0 Å². The van der Waals surface area contributed by atoms with Crippen LogP contribution in [0.2, 0.25) is 0 Å². The van der Waals surface area contributed by atoms with Gasteiger partial charge in [-0.25, -0.2) is 19.0 Å². The summed E-state index contributed by atoms with van der Waals surface area (Å²) in [6.07, 6.45) is 2.67. The summed E-state index contributed by atoms with van der Waals surface area (Å²) in [4.78, 5) is 20.1. The molecule has 1 saturated carbocycles. The minimum atomic E-state index is -0.558. The molecule has 0 unspecified atom stereocenters. The Morgan fingerprint density at radius 1 is 1.22 bits per heavy atom. The molecule has 1 aromatic carbocycles. The number of para-hydroxylation sites is 1. The number of benzene rings is 1. The van der Waals surface area contributed by atoms with Gasteiger partial charge < -0.3 is 10.8 Å². The van der Waals surface area contributed by atoms with E-state index in [2.05, 4.69) is 15.1 Å². The summed E-state index contributed by atoms with van der Waals surface area (Å²) in [7, 11) is 0. The van der Waals surface area contributed by atoms with Crippen LogP contribution >= 0.6 is 0 Å². The van der Waals surface area contributed by atoms with Gasteiger partial charge in [-0.2, -0.15) is 5.10 Å². The fourth-order valence-corrected chi connectivity index (χ4v) is 3.62. The van der Waals surface area contributed by atoms with E-state index < -0.39 is 17.8 Å². The van der Waals surface area contributed by atoms with Crippen LogP contribution in [0.4, 0.5) is 4.39 Å². The third kappa shape index (κ3) is 3.40. The summed E-state index contributed by atoms with van der Waals surface area (Å²) < 4.78 is 15.8. The molecule has 2 atom stereocenters. The minimum absolute atomic E-state index is 0.106. The third-order valence-electron chi connectivity index (χ3n) is 4.92. The molecule has 0 aliphatic heterocycles. The van der Waals surface area contributed by atoms with E-state index in [0.717, 1.165) is 19.3 Å². The number of aliphatic hydroxyl groups excluding tert-OH is 1. The number of aliphatic hydroxyl groups is 1. The van der Waals surface area contributed by atoms with Crippen molar-refractivity contribution in [2.75, 3.05) is 0 Å². The molecule has 8 heteroatoms. The Balaban J connectivity index is 1.84. The molecule has 0 radical (unpaired) electrons. The first-order valence-corrected chi connectivity index (χ1v) is 9.00. The van der Waals surface area contributed by atoms with E-state index in [4.69, 9.17) is 5.73 Å². The normalized spacial score (nSPS) is 20.1. The van der Waals surface area contributed by atoms with Gasteiger partial charge in [0.25, 0.3) is 0 Å². The fourth-order valence-electron chi connectivity index (χ4n) is 3.62. The smallest absolute Gasteiger partial charge is 0.225 e. The third-order valence-corrected chi connectivity index (χ3v) is 4.92. The molecule has 1 aliphatic carbocycles. The SMILES string of the molecule is NC(=O)Cc1nc(-c2ccc3cccc(F)c3n2)n([C@@H]2CCCC[C@H]2O)n1. The van der Waals surface area contributed by atoms with E-state index in [1.165, 1.54) is 6.07 Å². The predicted molar refractivity (Wildman–Crippen MR) is 97.1 cm³/mol. The lowest BCUT2D eigenvalue weighted by Crippen LogP contribution is -2.29. The number of carbonyl (C=O) groups excluding carboxylic acids is 1. The maximum absolute atomic E-state index is 14.2. The van der Waals surface area contributed by atoms with Crippen molar-refractivity contribution in [1.29, 1.82) is 0 Å². The molecule has 140 valence electrons. The van der Waals surface area contributed by atoms with Crippen molar-refractivity contribution >= 4 is 16.8 Å². The first-order chi connectivity index (χ1) is 13.0. The van der Waals surface area contributed by atoms with Crippen LogP contribution in [0.25, 0.3) is 22.4 Å². The van der Waals surface area contributed by atoms with Crippen LogP contribution in [-0.4, -0.2) is 36.9 Å². The quantitative estimate of drug-likeness (QED) is 0.733. The van der Waals surface area contributed by atoms with Crippen LogP contribution in [0, 0.1) is 5.82 Å². The van der Waals surface area contributed by atoms with Crippen molar-refractivity contribution in [3.05, 3.63) is 42.0 Å². The number of hydrogen-bond donors (Lipinski definition) is 2. The summed E-state index contributed by atoms with van der Waals surface area (Å²) in [5.74, 6) is -0.288. The molecule has 0 spiro atoms. The Labute approximate surface area is 155 Å². The van der Waals surface area contributed by atoms with Crippen molar-refractivity contribution in [2.24, 2.45) is 5.73 Å². The van der Waals surface area contributed by atoms with Gasteiger partial charge >= 0.3 is 0 Å². The summed E-state index contributed by atoms with van der Waals surface area (Å²) in [6.45, 7) is 0. The number of nitrogens with zero attached hydrogens (tertiary/aromatic N) is 4. The Morgan fingerprint density at radius 3 is 2.81 bits per heavy atom. The van der Waals surface area contributed by atoms with Gasteiger partial charge in [-0.1, -0.05) is 31.0 Å². The first-order valence-electron chi connectivity index (χ1n) is 9.00. The number of halogens is 1. The van der Waals surface area contributed by atoms with Gasteiger partial charge in [0.15, 0.2) is 11.6 Å². The second-order valence-corrected chi connectivity index (χ2v) is 6.87. The van der Waals surface area contributed by atoms with E-state index in [1.807, 2.05) is 0 Å². The Hall–Kier alpha value is -2.87. The summed E-state index contributed by atoms with van der Waals surface area (Å²) in [5, 5.41) is 15.5. The zero-order valence-electron chi connectivity index (χ0n) is 14.7. The van der Waals surface area contributed by atoms with E-state index >= 15 is 0 Å². The van der Waals surface area contributed by atoms with Gasteiger partial charge in [-0.15, -0.1) is 0 Å². The Morgan fingerprint density at radius 2 is 2.04 bits per heavy atom. The molecule has 1 amide bonds. The van der Waals surface area contributed by atoms with Crippen LogP contribution in [0.1, 0.15) is 37.5 Å². The van der Waals surface area contributed by atoms with Crippen molar-refractivity contribution in [1.82, 2.24) is 19.7 Å². The van der Waals surface area contributed by atoms with Crippen molar-refractivity contribution in [3.63, 3.8) is 0 Å². The number of carbonyl (C=O) groups is 1. The van der Waals surface area contributed by atoms with Gasteiger partial charge in [0.1, 0.15) is 17.0 Å². The fraction of sp³-hybridized carbons (Fsp3) is 0.368.